The molecule has 4 nitrogen and oxygen atoms in total. The summed E-state index contributed by atoms with van der Waals surface area (Å²) in [7, 11) is 0. The van der Waals surface area contributed by atoms with Crippen LogP contribution in [-0.4, -0.2) is 0 Å². The van der Waals surface area contributed by atoms with E-state index in [1.54, 1.807) is 11.3 Å². The molecule has 0 fully saturated rings. The molecule has 0 bridgehead atoms. The van der Waals surface area contributed by atoms with Crippen LogP contribution in [0.5, 0.6) is 0 Å². The molecular weight excluding hydrogens is 557 g/mol. The number of rotatable bonds is 1. The van der Waals surface area contributed by atoms with Gasteiger partial charge in [-0.2, -0.15) is 20.2 Å². The lowest BCUT2D eigenvalue weighted by Crippen LogP contribution is -2.24. The van der Waals surface area contributed by atoms with Crippen LogP contribution in [0.25, 0.3) is 49.2 Å². The lowest BCUT2D eigenvalue weighted by Gasteiger charge is -2.29. The van der Waals surface area contributed by atoms with Gasteiger partial charge in [-0.05, 0) is 67.8 Å². The number of thiophene rings is 1. The van der Waals surface area contributed by atoms with Crippen LogP contribution in [-0.2, 0) is 5.41 Å². The van der Waals surface area contributed by atoms with E-state index in [1.807, 2.05) is 30.3 Å². The summed E-state index contributed by atoms with van der Waals surface area (Å²) >= 11 is 1.68. The lowest BCUT2D eigenvalue weighted by molar-refractivity contribution is 0.811. The van der Waals surface area contributed by atoms with Crippen molar-refractivity contribution in [2.75, 3.05) is 0 Å². The molecule has 0 saturated heterocycles. The Kier molecular flexibility index (Phi) is 5.43. The van der Waals surface area contributed by atoms with E-state index in [0.717, 1.165) is 10.4 Å². The van der Waals surface area contributed by atoms with Gasteiger partial charge in [0.1, 0.15) is 30.9 Å². The van der Waals surface area contributed by atoms with Crippen LogP contribution in [0.4, 0.5) is 0 Å². The minimum Gasteiger partial charge on any atom is -0.192 e. The second-order valence-electron chi connectivity index (χ2n) is 10.8. The second kappa shape index (κ2) is 9.39. The molecule has 3 aliphatic carbocycles. The molecule has 1 heterocycles. The molecule has 5 heteroatoms. The molecule has 8 rings (SSSR count). The number of hydrogen-bond donors (Lipinski definition) is 0. The molecule has 44 heavy (non-hydrogen) atoms. The van der Waals surface area contributed by atoms with E-state index in [4.69, 9.17) is 13.1 Å². The maximum Gasteiger partial charge on any atom is 0.527 e. The van der Waals surface area contributed by atoms with Crippen LogP contribution in [0, 0.1) is 35.8 Å². The van der Waals surface area contributed by atoms with Crippen LogP contribution in [0.3, 0.4) is 0 Å². The Morgan fingerprint density at radius 2 is 1.09 bits per heavy atom. The molecular formula is C39H18N4S. The zero-order valence-electron chi connectivity index (χ0n) is 23.1. The van der Waals surface area contributed by atoms with Gasteiger partial charge in [-0.15, -0.1) is 11.3 Å². The number of fused-ring (bicyclic) bond motifs is 11. The molecule has 0 amide bonds. The fourth-order valence-electron chi connectivity index (χ4n) is 7.30. The minimum atomic E-state index is -0.473. The summed E-state index contributed by atoms with van der Waals surface area (Å²) in [5, 5.41) is 19.9. The van der Waals surface area contributed by atoms with Crippen molar-refractivity contribution in [1.29, 1.82) is 10.5 Å². The van der Waals surface area contributed by atoms with Crippen molar-refractivity contribution < 1.29 is 0 Å². The summed E-state index contributed by atoms with van der Waals surface area (Å²) in [6, 6.07) is 39.5. The van der Waals surface area contributed by atoms with E-state index in [9.17, 15) is 10.5 Å². The topological polar surface area (TPSA) is 56.3 Å². The van der Waals surface area contributed by atoms with Crippen LogP contribution in [0.2, 0.25) is 0 Å². The molecule has 3 aliphatic rings. The van der Waals surface area contributed by atoms with E-state index >= 15 is 0 Å². The van der Waals surface area contributed by atoms with Gasteiger partial charge in [0.2, 0.25) is 0 Å². The predicted molar refractivity (Wildman–Crippen MR) is 173 cm³/mol. The van der Waals surface area contributed by atoms with Crippen LogP contribution >= 0.6 is 11.3 Å². The molecule has 0 unspecified atom stereocenters. The average molecular weight is 575 g/mol. The minimum absolute atomic E-state index is 0.0439. The monoisotopic (exact) mass is 574 g/mol. The number of benzene rings is 4. The first-order valence-electron chi connectivity index (χ1n) is 14.0. The average Bonchev–Trinajstić information content (AvgIpc) is 3.78. The normalized spacial score (nSPS) is 14.9. The Bertz CT molecular complexity index is 2240. The first kappa shape index (κ1) is 25.5. The predicted octanol–water partition coefficient (Wildman–Crippen LogP) is 9.50. The maximum atomic E-state index is 9.97. The third-order valence-electron chi connectivity index (χ3n) is 8.87. The van der Waals surface area contributed by atoms with Crippen LogP contribution in [0.1, 0.15) is 37.6 Å². The summed E-state index contributed by atoms with van der Waals surface area (Å²) in [4.78, 5) is 9.26. The van der Waals surface area contributed by atoms with Crippen molar-refractivity contribution in [3.05, 3.63) is 181 Å². The van der Waals surface area contributed by atoms with Gasteiger partial charge in [-0.3, -0.25) is 0 Å². The Morgan fingerprint density at radius 1 is 0.636 bits per heavy atom. The summed E-state index contributed by atoms with van der Waals surface area (Å²) in [5.41, 5.74) is 10.9. The van der Waals surface area contributed by atoms with Crippen molar-refractivity contribution in [2.24, 2.45) is 0 Å². The highest BCUT2D eigenvalue weighted by molar-refractivity contribution is 7.13. The van der Waals surface area contributed by atoms with Gasteiger partial charge in [-0.1, -0.05) is 97.1 Å². The summed E-state index contributed by atoms with van der Waals surface area (Å²) in [5.74, 6) is -0.0847. The first-order chi connectivity index (χ1) is 21.7. The summed E-state index contributed by atoms with van der Waals surface area (Å²) in [6.45, 7) is 15.6. The van der Waals surface area contributed by atoms with Crippen LogP contribution < -0.4 is 0 Å². The van der Waals surface area contributed by atoms with Gasteiger partial charge >= 0.3 is 5.82 Å². The third-order valence-corrected chi connectivity index (χ3v) is 10.1. The molecule has 5 aromatic rings. The largest absolute Gasteiger partial charge is 0.527 e. The van der Waals surface area contributed by atoms with E-state index in [0.29, 0.717) is 27.8 Å². The smallest absolute Gasteiger partial charge is 0.192 e. The van der Waals surface area contributed by atoms with Crippen molar-refractivity contribution in [1.82, 2.24) is 0 Å². The Balaban J connectivity index is 1.45. The highest BCUT2D eigenvalue weighted by Gasteiger charge is 2.52. The number of nitriles is 2. The highest BCUT2D eigenvalue weighted by Crippen LogP contribution is 2.64. The summed E-state index contributed by atoms with van der Waals surface area (Å²) in [6.07, 6.45) is 1.96. The Morgan fingerprint density at radius 3 is 1.59 bits per heavy atom. The van der Waals surface area contributed by atoms with Gasteiger partial charge in [-0.25, -0.2) is 0 Å². The number of nitrogens with zero attached hydrogens (tertiary/aromatic N) is 4. The number of hydrogen-bond acceptors (Lipinski definition) is 3. The SMILES string of the molecule is [C-]#[N+]C([N+]#[C-])=C1/C(=C\c2cc3c(s2)C2(c4ccccc4-c4ccccc42)c2ccccc2-3)C(=C(C#N)C#N)c2ccccc21. The van der Waals surface area contributed by atoms with E-state index < -0.39 is 5.41 Å². The van der Waals surface area contributed by atoms with Gasteiger partial charge < -0.3 is 0 Å². The third kappa shape index (κ3) is 3.12. The zero-order valence-corrected chi connectivity index (χ0v) is 23.9. The van der Waals surface area contributed by atoms with E-state index in [1.165, 1.54) is 38.3 Å². The van der Waals surface area contributed by atoms with Crippen LogP contribution in [0.15, 0.2) is 120 Å². The van der Waals surface area contributed by atoms with Gasteiger partial charge in [0.25, 0.3) is 0 Å². The van der Waals surface area contributed by atoms with Crippen molar-refractivity contribution in [3.63, 3.8) is 0 Å². The molecule has 1 aromatic heterocycles. The Hall–Kier alpha value is -6.24. The standard InChI is InChI=1S/C39H18N4S/c1-42-38(43-2)36-29-15-4-3-14-28(29)35(23(21-40)22-41)31(36)20-24-19-30-27-13-7-10-18-34(27)39(37(30)44-24)32-16-8-5-11-25(32)26-12-6-9-17-33(26)39/h3-20H/b31-20-. The zero-order chi connectivity index (χ0) is 30.0. The second-order valence-corrected chi connectivity index (χ2v) is 11.9. The quantitative estimate of drug-likeness (QED) is 0.145. The van der Waals surface area contributed by atoms with E-state index in [2.05, 4.69) is 101 Å². The molecule has 0 aliphatic heterocycles. The maximum absolute atomic E-state index is 9.97. The summed E-state index contributed by atoms with van der Waals surface area (Å²) < 4.78 is 0. The first-order valence-corrected chi connectivity index (χ1v) is 14.8. The molecule has 0 atom stereocenters. The molecule has 0 radical (unpaired) electrons. The molecule has 0 N–H and O–H groups in total. The molecule has 200 valence electrons. The number of allylic oxidation sites excluding steroid dienone is 4. The lowest BCUT2D eigenvalue weighted by atomic mass is 9.74. The molecule has 4 aromatic carbocycles. The van der Waals surface area contributed by atoms with Crippen molar-refractivity contribution in [2.45, 2.75) is 5.41 Å². The molecule has 1 spiro atoms. The van der Waals surface area contributed by atoms with Crippen molar-refractivity contribution in [3.8, 4) is 34.4 Å². The van der Waals surface area contributed by atoms with Gasteiger partial charge in [0.15, 0.2) is 0 Å². The fraction of sp³-hybridized carbons (Fsp3) is 0.0256. The van der Waals surface area contributed by atoms with Gasteiger partial charge in [0.05, 0.1) is 11.0 Å². The Labute approximate surface area is 258 Å². The van der Waals surface area contributed by atoms with Crippen molar-refractivity contribution >= 4 is 28.6 Å². The van der Waals surface area contributed by atoms with Gasteiger partial charge in [0, 0.05) is 15.3 Å². The van der Waals surface area contributed by atoms with E-state index in [-0.39, 0.29) is 11.4 Å². The molecule has 0 saturated carbocycles. The fourth-order valence-corrected chi connectivity index (χ4v) is 8.65. The highest BCUT2D eigenvalue weighted by atomic mass is 32.1.